The molecule has 2 aliphatic heterocycles. The molecule has 0 radical (unpaired) electrons. The summed E-state index contributed by atoms with van der Waals surface area (Å²) in [6.45, 7) is 3.88. The Labute approximate surface area is 180 Å². The molecule has 2 aromatic carbocycles. The number of H-pyrrole nitrogens is 1. The minimum absolute atomic E-state index is 0.00150. The molecule has 1 fully saturated rings. The lowest BCUT2D eigenvalue weighted by Crippen LogP contribution is -2.21. The standard InChI is InChI=1S/C24H23N5O2/c25-15-16-8-9-20-18(14-16)21(24(30)27-20)23-22(17-6-1-2-7-19(17)26-23)28-31-13-5-12-29-10-3-4-11-29/h1-2,6-9,14,27,30H,3-5,10-13H2/b28-22+. The van der Waals surface area contributed by atoms with Crippen LogP contribution in [-0.4, -0.2) is 52.7 Å². The number of para-hydroxylation sites is 1. The number of likely N-dealkylation sites (tertiary alicyclic amines) is 1. The number of nitrogens with one attached hydrogen (secondary N) is 1. The maximum absolute atomic E-state index is 10.7. The van der Waals surface area contributed by atoms with Crippen molar-refractivity contribution in [3.8, 4) is 11.9 Å². The number of nitriles is 1. The predicted molar refractivity (Wildman–Crippen MR) is 120 cm³/mol. The second kappa shape index (κ2) is 8.25. The Morgan fingerprint density at radius 3 is 2.87 bits per heavy atom. The van der Waals surface area contributed by atoms with E-state index >= 15 is 0 Å². The summed E-state index contributed by atoms with van der Waals surface area (Å²) < 4.78 is 0. The van der Waals surface area contributed by atoms with Gasteiger partial charge in [0.1, 0.15) is 18.0 Å². The zero-order valence-electron chi connectivity index (χ0n) is 17.1. The SMILES string of the molecule is N#Cc1ccc2[nH]c(O)c(C3=Nc4ccccc4/C3=N\OCCCN3CCCC3)c2c1. The van der Waals surface area contributed by atoms with Gasteiger partial charge < -0.3 is 19.8 Å². The number of aliphatic imine (C=N–C) groups is 1. The molecule has 3 heterocycles. The van der Waals surface area contributed by atoms with Crippen LogP contribution in [0.15, 0.2) is 52.6 Å². The Morgan fingerprint density at radius 2 is 2.03 bits per heavy atom. The van der Waals surface area contributed by atoms with Crippen LogP contribution >= 0.6 is 0 Å². The minimum Gasteiger partial charge on any atom is -0.494 e. The van der Waals surface area contributed by atoms with E-state index in [1.165, 1.54) is 25.9 Å². The second-order valence-electron chi connectivity index (χ2n) is 7.87. The number of hydrogen-bond acceptors (Lipinski definition) is 6. The molecule has 1 aromatic heterocycles. The van der Waals surface area contributed by atoms with E-state index in [4.69, 9.17) is 9.83 Å². The van der Waals surface area contributed by atoms with Gasteiger partial charge in [-0.15, -0.1) is 0 Å². The van der Waals surface area contributed by atoms with E-state index < -0.39 is 0 Å². The molecule has 7 nitrogen and oxygen atoms in total. The fourth-order valence-corrected chi connectivity index (χ4v) is 4.30. The summed E-state index contributed by atoms with van der Waals surface area (Å²) in [6.07, 6.45) is 3.47. The van der Waals surface area contributed by atoms with Crippen LogP contribution in [0.1, 0.15) is 36.0 Å². The molecule has 7 heteroatoms. The lowest BCUT2D eigenvalue weighted by Gasteiger charge is -2.13. The number of aromatic amines is 1. The van der Waals surface area contributed by atoms with Gasteiger partial charge >= 0.3 is 0 Å². The normalized spacial score (nSPS) is 17.1. The van der Waals surface area contributed by atoms with E-state index in [2.05, 4.69) is 21.1 Å². The summed E-state index contributed by atoms with van der Waals surface area (Å²) in [4.78, 5) is 15.9. The first-order chi connectivity index (χ1) is 15.2. The van der Waals surface area contributed by atoms with Crippen LogP contribution in [0, 0.1) is 11.3 Å². The molecule has 1 saturated heterocycles. The molecule has 3 aromatic rings. The number of aromatic nitrogens is 1. The molecule has 0 amide bonds. The van der Waals surface area contributed by atoms with Gasteiger partial charge in [-0.05, 0) is 56.6 Å². The number of aromatic hydroxyl groups is 1. The molecule has 2 N–H and O–H groups in total. The first-order valence-electron chi connectivity index (χ1n) is 10.6. The van der Waals surface area contributed by atoms with E-state index in [0.717, 1.165) is 35.1 Å². The summed E-state index contributed by atoms with van der Waals surface area (Å²) in [5.41, 5.74) is 4.55. The largest absolute Gasteiger partial charge is 0.494 e. The fourth-order valence-electron chi connectivity index (χ4n) is 4.30. The van der Waals surface area contributed by atoms with Gasteiger partial charge in [-0.1, -0.05) is 23.4 Å². The lowest BCUT2D eigenvalue weighted by atomic mass is 10.0. The third-order valence-electron chi connectivity index (χ3n) is 5.82. The van der Waals surface area contributed by atoms with Crippen molar-refractivity contribution in [1.82, 2.24) is 9.88 Å². The Balaban J connectivity index is 1.45. The van der Waals surface area contributed by atoms with Crippen LogP contribution < -0.4 is 0 Å². The zero-order valence-corrected chi connectivity index (χ0v) is 17.1. The van der Waals surface area contributed by atoms with Crippen LogP contribution in [0.25, 0.3) is 10.9 Å². The van der Waals surface area contributed by atoms with E-state index in [9.17, 15) is 10.4 Å². The van der Waals surface area contributed by atoms with Crippen LogP contribution in [-0.2, 0) is 4.84 Å². The molecule has 0 bridgehead atoms. The van der Waals surface area contributed by atoms with Crippen molar-refractivity contribution in [2.75, 3.05) is 26.2 Å². The second-order valence-corrected chi connectivity index (χ2v) is 7.87. The van der Waals surface area contributed by atoms with Crippen LogP contribution in [0.2, 0.25) is 0 Å². The number of oxime groups is 1. The monoisotopic (exact) mass is 413 g/mol. The molecular formula is C24H23N5O2. The Bertz CT molecular complexity index is 1230. The van der Waals surface area contributed by atoms with Gasteiger partial charge in [-0.2, -0.15) is 5.26 Å². The number of hydrogen-bond donors (Lipinski definition) is 2. The molecule has 0 atom stereocenters. The quantitative estimate of drug-likeness (QED) is 0.470. The summed E-state index contributed by atoms with van der Waals surface area (Å²) >= 11 is 0. The first kappa shape index (κ1) is 19.3. The van der Waals surface area contributed by atoms with Gasteiger partial charge in [0, 0.05) is 23.0 Å². The molecule has 0 saturated carbocycles. The molecule has 156 valence electrons. The van der Waals surface area contributed by atoms with Crippen LogP contribution in [0.4, 0.5) is 5.69 Å². The van der Waals surface area contributed by atoms with Gasteiger partial charge in [-0.3, -0.25) is 0 Å². The highest BCUT2D eigenvalue weighted by Gasteiger charge is 2.29. The highest BCUT2D eigenvalue weighted by Crippen LogP contribution is 2.36. The van der Waals surface area contributed by atoms with Crippen molar-refractivity contribution in [3.63, 3.8) is 0 Å². The molecule has 0 aliphatic carbocycles. The van der Waals surface area contributed by atoms with Gasteiger partial charge in [0.05, 0.1) is 22.9 Å². The molecular weight excluding hydrogens is 390 g/mol. The van der Waals surface area contributed by atoms with Gasteiger partial charge in [-0.25, -0.2) is 4.99 Å². The molecule has 2 aliphatic rings. The summed E-state index contributed by atoms with van der Waals surface area (Å²) in [7, 11) is 0. The molecule has 0 spiro atoms. The average molecular weight is 413 g/mol. The Hall–Kier alpha value is -3.63. The van der Waals surface area contributed by atoms with Gasteiger partial charge in [0.25, 0.3) is 0 Å². The van der Waals surface area contributed by atoms with E-state index in [1.807, 2.05) is 24.3 Å². The highest BCUT2D eigenvalue weighted by atomic mass is 16.6. The highest BCUT2D eigenvalue weighted by molar-refractivity contribution is 6.58. The number of fused-ring (bicyclic) bond motifs is 2. The third kappa shape index (κ3) is 3.66. The van der Waals surface area contributed by atoms with Crippen LogP contribution in [0.3, 0.4) is 0 Å². The van der Waals surface area contributed by atoms with E-state index in [1.54, 1.807) is 18.2 Å². The lowest BCUT2D eigenvalue weighted by molar-refractivity contribution is 0.133. The van der Waals surface area contributed by atoms with Gasteiger partial charge in [0.15, 0.2) is 5.88 Å². The number of nitrogens with zero attached hydrogens (tertiary/aromatic N) is 4. The molecule has 0 unspecified atom stereocenters. The van der Waals surface area contributed by atoms with Crippen molar-refractivity contribution >= 4 is 28.0 Å². The van der Waals surface area contributed by atoms with E-state index in [-0.39, 0.29) is 5.88 Å². The first-order valence-corrected chi connectivity index (χ1v) is 10.6. The number of benzene rings is 2. The van der Waals surface area contributed by atoms with Crippen molar-refractivity contribution in [2.24, 2.45) is 10.1 Å². The summed E-state index contributed by atoms with van der Waals surface area (Å²) in [5, 5.41) is 25.1. The van der Waals surface area contributed by atoms with Crippen LogP contribution in [0.5, 0.6) is 5.88 Å². The summed E-state index contributed by atoms with van der Waals surface area (Å²) in [5.74, 6) is -0.00150. The zero-order chi connectivity index (χ0) is 21.2. The smallest absolute Gasteiger partial charge is 0.199 e. The third-order valence-corrected chi connectivity index (χ3v) is 5.82. The van der Waals surface area contributed by atoms with Crippen molar-refractivity contribution in [3.05, 3.63) is 59.2 Å². The van der Waals surface area contributed by atoms with Crippen molar-refractivity contribution in [1.29, 1.82) is 5.26 Å². The Morgan fingerprint density at radius 1 is 1.19 bits per heavy atom. The minimum atomic E-state index is -0.00150. The fraction of sp³-hybridized carbons (Fsp3) is 0.292. The maximum atomic E-state index is 10.7. The van der Waals surface area contributed by atoms with Gasteiger partial charge in [0.2, 0.25) is 0 Å². The summed E-state index contributed by atoms with van der Waals surface area (Å²) in [6, 6.07) is 15.1. The van der Waals surface area contributed by atoms with E-state index in [0.29, 0.717) is 29.2 Å². The topological polar surface area (TPSA) is 97.0 Å². The van der Waals surface area contributed by atoms with Crippen molar-refractivity contribution < 1.29 is 9.94 Å². The maximum Gasteiger partial charge on any atom is 0.199 e. The van der Waals surface area contributed by atoms with Crippen molar-refractivity contribution in [2.45, 2.75) is 19.3 Å². The Kier molecular flexibility index (Phi) is 5.14. The predicted octanol–water partition coefficient (Wildman–Crippen LogP) is 4.09. The molecule has 5 rings (SSSR count). The molecule has 31 heavy (non-hydrogen) atoms. The number of rotatable bonds is 6. The average Bonchev–Trinajstić information content (AvgIpc) is 3.50.